The van der Waals surface area contributed by atoms with Crippen molar-refractivity contribution in [3.63, 3.8) is 0 Å². The molecule has 1 N–H and O–H groups in total. The van der Waals surface area contributed by atoms with Crippen molar-refractivity contribution in [2.45, 2.75) is 12.8 Å². The molecule has 0 spiro atoms. The van der Waals surface area contributed by atoms with Crippen molar-refractivity contribution >= 4 is 5.91 Å². The van der Waals surface area contributed by atoms with Crippen LogP contribution in [0, 0.1) is 0 Å². The van der Waals surface area contributed by atoms with E-state index in [0.29, 0.717) is 5.56 Å². The average Bonchev–Trinajstić information content (AvgIpc) is 2.60. The van der Waals surface area contributed by atoms with Gasteiger partial charge in [-0.3, -0.25) is 4.79 Å². The Morgan fingerprint density at radius 1 is 1.47 bits per heavy atom. The number of benzene rings is 1. The number of alkyl halides is 2. The largest absolute Gasteiger partial charge is 0.586 e. The van der Waals surface area contributed by atoms with Gasteiger partial charge in [-0.1, -0.05) is 18.7 Å². The molecule has 0 aromatic heterocycles. The van der Waals surface area contributed by atoms with Crippen LogP contribution >= 0.6 is 0 Å². The molecule has 17 heavy (non-hydrogen) atoms. The molecule has 1 amide bonds. The van der Waals surface area contributed by atoms with Crippen molar-refractivity contribution in [2.24, 2.45) is 0 Å². The minimum atomic E-state index is -3.65. The van der Waals surface area contributed by atoms with Gasteiger partial charge in [-0.15, -0.1) is 8.78 Å². The molecule has 1 aliphatic heterocycles. The summed E-state index contributed by atoms with van der Waals surface area (Å²) in [6.07, 6.45) is -2.56. The van der Waals surface area contributed by atoms with Crippen LogP contribution in [0.5, 0.6) is 11.5 Å². The van der Waals surface area contributed by atoms with E-state index in [1.54, 1.807) is 12.1 Å². The lowest BCUT2D eigenvalue weighted by atomic mass is 10.2. The van der Waals surface area contributed by atoms with E-state index in [-0.39, 0.29) is 18.0 Å². The minimum Gasteiger partial charge on any atom is -0.395 e. The van der Waals surface area contributed by atoms with Gasteiger partial charge in [-0.25, -0.2) is 0 Å². The zero-order chi connectivity index (χ0) is 12.5. The predicted octanol–water partition coefficient (Wildman–Crippen LogP) is 1.81. The molecule has 1 aromatic carbocycles. The van der Waals surface area contributed by atoms with Crippen LogP contribution in [0.1, 0.15) is 5.56 Å². The van der Waals surface area contributed by atoms with Gasteiger partial charge in [0.05, 0.1) is 0 Å². The summed E-state index contributed by atoms with van der Waals surface area (Å²) in [6.45, 7) is 3.34. The van der Waals surface area contributed by atoms with Crippen molar-refractivity contribution in [2.75, 3.05) is 0 Å². The molecule has 0 fully saturated rings. The van der Waals surface area contributed by atoms with E-state index < -0.39 is 12.2 Å². The monoisotopic (exact) mass is 241 g/mol. The first-order chi connectivity index (χ1) is 8.02. The standard InChI is InChI=1S/C11H9F2NO3/c1-2-9(15)14-6-7-4-3-5-8-10(7)17-11(12,13)16-8/h2-5H,1,6H2,(H,14,15). The highest BCUT2D eigenvalue weighted by atomic mass is 19.3. The Hall–Kier alpha value is -2.11. The van der Waals surface area contributed by atoms with E-state index >= 15 is 0 Å². The molecule has 1 aromatic rings. The van der Waals surface area contributed by atoms with E-state index in [1.807, 2.05) is 0 Å². The van der Waals surface area contributed by atoms with E-state index in [4.69, 9.17) is 0 Å². The van der Waals surface area contributed by atoms with Crippen LogP contribution in [0.4, 0.5) is 8.78 Å². The van der Waals surface area contributed by atoms with Gasteiger partial charge in [0, 0.05) is 12.1 Å². The van der Waals surface area contributed by atoms with E-state index in [1.165, 1.54) is 6.07 Å². The fourth-order valence-corrected chi connectivity index (χ4v) is 1.42. The Morgan fingerprint density at radius 2 is 2.24 bits per heavy atom. The predicted molar refractivity (Wildman–Crippen MR) is 54.7 cm³/mol. The van der Waals surface area contributed by atoms with Crippen molar-refractivity contribution in [1.29, 1.82) is 0 Å². The van der Waals surface area contributed by atoms with Crippen LogP contribution < -0.4 is 14.8 Å². The Labute approximate surface area is 95.8 Å². The number of para-hydroxylation sites is 1. The van der Waals surface area contributed by atoms with Crippen molar-refractivity contribution in [1.82, 2.24) is 5.32 Å². The number of amides is 1. The Balaban J connectivity index is 2.18. The number of ether oxygens (including phenoxy) is 2. The van der Waals surface area contributed by atoms with E-state index in [9.17, 15) is 13.6 Å². The maximum Gasteiger partial charge on any atom is 0.586 e. The lowest BCUT2D eigenvalue weighted by Gasteiger charge is -2.07. The summed E-state index contributed by atoms with van der Waals surface area (Å²) >= 11 is 0. The Bertz CT molecular complexity index is 474. The number of hydrogen-bond acceptors (Lipinski definition) is 3. The molecular formula is C11H9F2NO3. The van der Waals surface area contributed by atoms with Crippen LogP contribution in [0.2, 0.25) is 0 Å². The number of rotatable bonds is 3. The summed E-state index contributed by atoms with van der Waals surface area (Å²) in [7, 11) is 0. The van der Waals surface area contributed by atoms with Crippen LogP contribution in [0.25, 0.3) is 0 Å². The number of fused-ring (bicyclic) bond motifs is 1. The summed E-state index contributed by atoms with van der Waals surface area (Å²) in [4.78, 5) is 11.0. The summed E-state index contributed by atoms with van der Waals surface area (Å²) in [5.41, 5.74) is 0.412. The first kappa shape index (κ1) is 11.4. The highest BCUT2D eigenvalue weighted by Crippen LogP contribution is 2.43. The number of carbonyl (C=O) groups excluding carboxylic acids is 1. The molecule has 1 aliphatic rings. The third kappa shape index (κ3) is 2.35. The zero-order valence-corrected chi connectivity index (χ0v) is 8.70. The fraction of sp³-hybridized carbons (Fsp3) is 0.182. The zero-order valence-electron chi connectivity index (χ0n) is 8.70. The molecule has 0 unspecified atom stereocenters. The topological polar surface area (TPSA) is 47.6 Å². The van der Waals surface area contributed by atoms with Gasteiger partial charge in [-0.05, 0) is 12.1 Å². The molecule has 6 heteroatoms. The number of nitrogens with one attached hydrogen (secondary N) is 1. The first-order valence-electron chi connectivity index (χ1n) is 4.80. The number of carbonyl (C=O) groups is 1. The van der Waals surface area contributed by atoms with Crippen LogP contribution in [0.15, 0.2) is 30.9 Å². The third-order valence-corrected chi connectivity index (χ3v) is 2.15. The summed E-state index contributed by atoms with van der Waals surface area (Å²) in [5, 5.41) is 2.47. The molecule has 90 valence electrons. The second-order valence-corrected chi connectivity index (χ2v) is 3.33. The van der Waals surface area contributed by atoms with Gasteiger partial charge in [-0.2, -0.15) is 0 Å². The van der Waals surface area contributed by atoms with Gasteiger partial charge >= 0.3 is 6.29 Å². The molecule has 0 bridgehead atoms. The summed E-state index contributed by atoms with van der Waals surface area (Å²) in [5.74, 6) is -0.490. The third-order valence-electron chi connectivity index (χ3n) is 2.15. The molecule has 0 atom stereocenters. The maximum atomic E-state index is 12.8. The smallest absolute Gasteiger partial charge is 0.395 e. The van der Waals surface area contributed by atoms with Crippen LogP contribution in [0.3, 0.4) is 0 Å². The Morgan fingerprint density at radius 3 is 2.94 bits per heavy atom. The van der Waals surface area contributed by atoms with Gasteiger partial charge in [0.15, 0.2) is 11.5 Å². The highest BCUT2D eigenvalue weighted by molar-refractivity contribution is 5.86. The first-order valence-corrected chi connectivity index (χ1v) is 4.80. The molecular weight excluding hydrogens is 232 g/mol. The SMILES string of the molecule is C=CC(=O)NCc1cccc2c1OC(F)(F)O2. The second-order valence-electron chi connectivity index (χ2n) is 3.33. The molecule has 0 saturated heterocycles. The molecule has 0 radical (unpaired) electrons. The van der Waals surface area contributed by atoms with E-state index in [0.717, 1.165) is 6.08 Å². The molecule has 2 rings (SSSR count). The average molecular weight is 241 g/mol. The molecule has 1 heterocycles. The molecule has 4 nitrogen and oxygen atoms in total. The van der Waals surface area contributed by atoms with Gasteiger partial charge in [0.1, 0.15) is 0 Å². The Kier molecular flexibility index (Phi) is 2.71. The highest BCUT2D eigenvalue weighted by Gasteiger charge is 2.44. The second kappa shape index (κ2) is 4.04. The number of halogens is 2. The lowest BCUT2D eigenvalue weighted by Crippen LogP contribution is -2.26. The number of hydrogen-bond donors (Lipinski definition) is 1. The van der Waals surface area contributed by atoms with Gasteiger partial charge in [0.25, 0.3) is 0 Å². The quantitative estimate of drug-likeness (QED) is 0.821. The summed E-state index contributed by atoms with van der Waals surface area (Å²) in [6, 6.07) is 4.47. The van der Waals surface area contributed by atoms with Crippen molar-refractivity contribution in [3.05, 3.63) is 36.4 Å². The minimum absolute atomic E-state index is 0.0413. The van der Waals surface area contributed by atoms with Crippen LogP contribution in [-0.2, 0) is 11.3 Å². The molecule has 0 saturated carbocycles. The maximum absolute atomic E-state index is 12.8. The lowest BCUT2D eigenvalue weighted by molar-refractivity contribution is -0.286. The normalized spacial score (nSPS) is 15.4. The van der Waals surface area contributed by atoms with Crippen molar-refractivity contribution in [3.8, 4) is 11.5 Å². The van der Waals surface area contributed by atoms with Crippen molar-refractivity contribution < 1.29 is 23.0 Å². The molecule has 0 aliphatic carbocycles. The fourth-order valence-electron chi connectivity index (χ4n) is 1.42. The van der Waals surface area contributed by atoms with Gasteiger partial charge < -0.3 is 14.8 Å². The van der Waals surface area contributed by atoms with E-state index in [2.05, 4.69) is 21.4 Å². The summed E-state index contributed by atoms with van der Waals surface area (Å²) < 4.78 is 34.3. The van der Waals surface area contributed by atoms with Crippen LogP contribution in [-0.4, -0.2) is 12.2 Å². The van der Waals surface area contributed by atoms with Gasteiger partial charge in [0.2, 0.25) is 5.91 Å².